The highest BCUT2D eigenvalue weighted by molar-refractivity contribution is 7.90. The Kier molecular flexibility index (Phi) is 4.13. The van der Waals surface area contributed by atoms with Crippen LogP contribution in [0.15, 0.2) is 29.2 Å². The maximum Gasteiger partial charge on any atom is 0.253 e. The first-order valence-electron chi connectivity index (χ1n) is 6.96. The van der Waals surface area contributed by atoms with Crippen LogP contribution >= 0.6 is 0 Å². The topological polar surface area (TPSA) is 80.5 Å². The van der Waals surface area contributed by atoms with E-state index in [1.165, 1.54) is 12.1 Å². The van der Waals surface area contributed by atoms with E-state index in [0.717, 1.165) is 12.7 Å². The summed E-state index contributed by atoms with van der Waals surface area (Å²) in [5, 5.41) is 0. The Hall–Kier alpha value is -1.40. The number of nitrogens with two attached hydrogens (primary N) is 1. The molecule has 1 saturated heterocycles. The van der Waals surface area contributed by atoms with Crippen LogP contribution < -0.4 is 5.73 Å². The zero-order valence-corrected chi connectivity index (χ0v) is 13.5. The molecule has 1 aliphatic heterocycles. The summed E-state index contributed by atoms with van der Waals surface area (Å²) in [5.41, 5.74) is 6.35. The molecule has 1 unspecified atom stereocenters. The summed E-state index contributed by atoms with van der Waals surface area (Å²) in [6.07, 6.45) is 1.89. The number of amides is 1. The van der Waals surface area contributed by atoms with Crippen molar-refractivity contribution in [1.29, 1.82) is 0 Å². The molecule has 2 rings (SSSR count). The molecule has 1 fully saturated rings. The van der Waals surface area contributed by atoms with Gasteiger partial charge in [0.05, 0.1) is 4.90 Å². The minimum absolute atomic E-state index is 0.0731. The Labute approximate surface area is 126 Å². The van der Waals surface area contributed by atoms with Crippen molar-refractivity contribution >= 4 is 15.7 Å². The predicted molar refractivity (Wildman–Crippen MR) is 81.8 cm³/mol. The lowest BCUT2D eigenvalue weighted by atomic mass is 9.79. The van der Waals surface area contributed by atoms with E-state index in [9.17, 15) is 13.2 Å². The van der Waals surface area contributed by atoms with Crippen LogP contribution in [0.25, 0.3) is 0 Å². The van der Waals surface area contributed by atoms with Gasteiger partial charge in [-0.25, -0.2) is 8.42 Å². The molecule has 6 heteroatoms. The lowest BCUT2D eigenvalue weighted by molar-refractivity contribution is 0.0533. The molecule has 5 nitrogen and oxygen atoms in total. The Morgan fingerprint density at radius 1 is 1.38 bits per heavy atom. The zero-order valence-electron chi connectivity index (χ0n) is 12.7. The van der Waals surface area contributed by atoms with Gasteiger partial charge in [0, 0.05) is 31.0 Å². The second-order valence-electron chi connectivity index (χ2n) is 6.41. The number of sulfone groups is 1. The first-order valence-corrected chi connectivity index (χ1v) is 8.85. The summed E-state index contributed by atoms with van der Waals surface area (Å²) in [6, 6.07) is 6.27. The van der Waals surface area contributed by atoms with Crippen LogP contribution in [-0.4, -0.2) is 44.6 Å². The molecule has 21 heavy (non-hydrogen) atoms. The van der Waals surface area contributed by atoms with Crippen molar-refractivity contribution in [3.63, 3.8) is 0 Å². The summed E-state index contributed by atoms with van der Waals surface area (Å²) in [4.78, 5) is 14.5. The van der Waals surface area contributed by atoms with E-state index in [0.29, 0.717) is 18.7 Å². The number of piperidine rings is 1. The van der Waals surface area contributed by atoms with E-state index in [-0.39, 0.29) is 22.3 Å². The quantitative estimate of drug-likeness (QED) is 0.892. The molecule has 116 valence electrons. The van der Waals surface area contributed by atoms with Crippen LogP contribution in [0.4, 0.5) is 0 Å². The van der Waals surface area contributed by atoms with Crippen molar-refractivity contribution < 1.29 is 13.2 Å². The van der Waals surface area contributed by atoms with Gasteiger partial charge in [0.15, 0.2) is 9.84 Å². The third kappa shape index (κ3) is 3.44. The highest BCUT2D eigenvalue weighted by atomic mass is 32.2. The summed E-state index contributed by atoms with van der Waals surface area (Å²) in [5.74, 6) is -0.138. The van der Waals surface area contributed by atoms with Crippen molar-refractivity contribution in [2.75, 3.05) is 19.3 Å². The average Bonchev–Trinajstić information content (AvgIpc) is 2.40. The molecule has 0 aromatic heterocycles. The van der Waals surface area contributed by atoms with Crippen LogP contribution in [0.1, 0.15) is 30.6 Å². The zero-order chi connectivity index (χ0) is 15.8. The van der Waals surface area contributed by atoms with Gasteiger partial charge in [-0.3, -0.25) is 4.79 Å². The van der Waals surface area contributed by atoms with Crippen LogP contribution in [0.3, 0.4) is 0 Å². The molecule has 0 aliphatic carbocycles. The lowest BCUT2D eigenvalue weighted by Crippen LogP contribution is -2.54. The van der Waals surface area contributed by atoms with Gasteiger partial charge in [-0.2, -0.15) is 0 Å². The van der Waals surface area contributed by atoms with E-state index in [1.54, 1.807) is 17.0 Å². The van der Waals surface area contributed by atoms with E-state index in [2.05, 4.69) is 0 Å². The molecule has 0 radical (unpaired) electrons. The number of likely N-dealkylation sites (tertiary alicyclic amines) is 1. The van der Waals surface area contributed by atoms with E-state index in [1.807, 2.05) is 13.8 Å². The van der Waals surface area contributed by atoms with Crippen molar-refractivity contribution in [3.05, 3.63) is 29.8 Å². The summed E-state index contributed by atoms with van der Waals surface area (Å²) >= 11 is 0. The van der Waals surface area contributed by atoms with Gasteiger partial charge in [-0.05, 0) is 30.0 Å². The number of hydrogen-bond acceptors (Lipinski definition) is 4. The van der Waals surface area contributed by atoms with Gasteiger partial charge in [0.2, 0.25) is 0 Å². The molecule has 0 spiro atoms. The van der Waals surface area contributed by atoms with Gasteiger partial charge in [0.25, 0.3) is 5.91 Å². The van der Waals surface area contributed by atoms with Gasteiger partial charge in [-0.15, -0.1) is 0 Å². The maximum absolute atomic E-state index is 12.6. The Balaban J connectivity index is 2.25. The second-order valence-corrected chi connectivity index (χ2v) is 8.43. The fourth-order valence-electron chi connectivity index (χ4n) is 2.59. The lowest BCUT2D eigenvalue weighted by Gasteiger charge is -2.42. The van der Waals surface area contributed by atoms with Crippen molar-refractivity contribution in [3.8, 4) is 0 Å². The average molecular weight is 310 g/mol. The van der Waals surface area contributed by atoms with Gasteiger partial charge < -0.3 is 10.6 Å². The van der Waals surface area contributed by atoms with Gasteiger partial charge in [-0.1, -0.05) is 19.9 Å². The third-order valence-electron chi connectivity index (χ3n) is 4.11. The molecule has 1 aliphatic rings. The first kappa shape index (κ1) is 16.0. The molecule has 1 heterocycles. The SMILES string of the molecule is CC1(C)CN(C(=O)c2cccc(S(C)(=O)=O)c2)CCC1N. The van der Waals surface area contributed by atoms with Crippen LogP contribution in [0.5, 0.6) is 0 Å². The van der Waals surface area contributed by atoms with E-state index in [4.69, 9.17) is 5.73 Å². The van der Waals surface area contributed by atoms with Crippen molar-refractivity contribution in [1.82, 2.24) is 4.90 Å². The molecule has 1 atom stereocenters. The first-order chi connectivity index (χ1) is 9.61. The van der Waals surface area contributed by atoms with Crippen molar-refractivity contribution in [2.45, 2.75) is 31.2 Å². The van der Waals surface area contributed by atoms with Crippen LogP contribution in [0, 0.1) is 5.41 Å². The van der Waals surface area contributed by atoms with Gasteiger partial charge in [0.1, 0.15) is 0 Å². The fraction of sp³-hybridized carbons (Fsp3) is 0.533. The highest BCUT2D eigenvalue weighted by Gasteiger charge is 2.35. The smallest absolute Gasteiger partial charge is 0.253 e. The molecule has 0 saturated carbocycles. The highest BCUT2D eigenvalue weighted by Crippen LogP contribution is 2.28. The van der Waals surface area contributed by atoms with Crippen molar-refractivity contribution in [2.24, 2.45) is 11.1 Å². The van der Waals surface area contributed by atoms with Gasteiger partial charge >= 0.3 is 0 Å². The minimum atomic E-state index is -3.31. The molecule has 1 aromatic carbocycles. The molecular weight excluding hydrogens is 288 g/mol. The number of carbonyl (C=O) groups excluding carboxylic acids is 1. The molecule has 1 aromatic rings. The summed E-state index contributed by atoms with van der Waals surface area (Å²) in [6.45, 7) is 5.27. The van der Waals surface area contributed by atoms with Crippen LogP contribution in [-0.2, 0) is 9.84 Å². The number of benzene rings is 1. The number of nitrogens with zero attached hydrogens (tertiary/aromatic N) is 1. The standard InChI is InChI=1S/C15H22N2O3S/c1-15(2)10-17(8-7-13(15)16)14(18)11-5-4-6-12(9-11)21(3,19)20/h4-6,9,13H,7-8,10,16H2,1-3H3. The van der Waals surface area contributed by atoms with E-state index < -0.39 is 9.84 Å². The number of carbonyl (C=O) groups is 1. The van der Waals surface area contributed by atoms with E-state index >= 15 is 0 Å². The Bertz CT molecular complexity index is 653. The third-order valence-corrected chi connectivity index (χ3v) is 5.22. The molecule has 0 bridgehead atoms. The number of rotatable bonds is 2. The summed E-state index contributed by atoms with van der Waals surface area (Å²) < 4.78 is 23.2. The van der Waals surface area contributed by atoms with Crippen LogP contribution in [0.2, 0.25) is 0 Å². The predicted octanol–water partition coefficient (Wildman–Crippen LogP) is 1.29. The summed E-state index contributed by atoms with van der Waals surface area (Å²) in [7, 11) is -3.31. The minimum Gasteiger partial charge on any atom is -0.338 e. The molecule has 1 amide bonds. The molecule has 2 N–H and O–H groups in total. The number of hydrogen-bond donors (Lipinski definition) is 1. The Morgan fingerprint density at radius 2 is 2.05 bits per heavy atom. The monoisotopic (exact) mass is 310 g/mol. The normalized spacial score (nSPS) is 22.1. The Morgan fingerprint density at radius 3 is 2.62 bits per heavy atom. The second kappa shape index (κ2) is 5.42. The largest absolute Gasteiger partial charge is 0.338 e. The fourth-order valence-corrected chi connectivity index (χ4v) is 3.26. The maximum atomic E-state index is 12.6. The molecular formula is C15H22N2O3S.